The molecule has 0 saturated carbocycles. The van der Waals surface area contributed by atoms with Gasteiger partial charge in [-0.2, -0.15) is 0 Å². The number of ether oxygens (including phenoxy) is 2. The number of rotatable bonds is 7. The fourth-order valence-electron chi connectivity index (χ4n) is 3.32. The molecule has 0 unspecified atom stereocenters. The number of benzene rings is 2. The topological polar surface area (TPSA) is 83.1 Å². The van der Waals surface area contributed by atoms with Gasteiger partial charge in [0, 0.05) is 6.42 Å². The fourth-order valence-corrected chi connectivity index (χ4v) is 3.32. The zero-order chi connectivity index (χ0) is 23.4. The minimum absolute atomic E-state index is 0.109. The number of carbonyl (C=O) groups is 2. The summed E-state index contributed by atoms with van der Waals surface area (Å²) in [4.78, 5) is 24.6. The van der Waals surface area contributed by atoms with Gasteiger partial charge in [0.1, 0.15) is 12.6 Å². The summed E-state index contributed by atoms with van der Waals surface area (Å²) in [5.41, 5.74) is 1.62. The molecule has 0 aromatic heterocycles. The van der Waals surface area contributed by atoms with Gasteiger partial charge in [0.15, 0.2) is 0 Å². The van der Waals surface area contributed by atoms with Crippen molar-refractivity contribution in [3.63, 3.8) is 0 Å². The van der Waals surface area contributed by atoms with Gasteiger partial charge in [-0.25, -0.2) is 9.59 Å². The monoisotopic (exact) mass is 439 g/mol. The number of nitrogens with one attached hydrogen (secondary N) is 1. The lowest BCUT2D eigenvalue weighted by Gasteiger charge is -2.32. The van der Waals surface area contributed by atoms with Gasteiger partial charge < -0.3 is 24.1 Å². The van der Waals surface area contributed by atoms with Crippen LogP contribution in [0.5, 0.6) is 0 Å². The molecule has 1 saturated heterocycles. The van der Waals surface area contributed by atoms with E-state index in [0.29, 0.717) is 0 Å². The zero-order valence-corrected chi connectivity index (χ0v) is 19.2. The summed E-state index contributed by atoms with van der Waals surface area (Å²) in [7, 11) is 0.771. The van der Waals surface area contributed by atoms with E-state index in [1.54, 1.807) is 0 Å². The molecule has 0 bridgehead atoms. The van der Waals surface area contributed by atoms with Crippen LogP contribution in [0, 0.1) is 0 Å². The van der Waals surface area contributed by atoms with Crippen LogP contribution in [-0.4, -0.2) is 43.5 Å². The molecule has 2 aromatic carbocycles. The summed E-state index contributed by atoms with van der Waals surface area (Å²) in [5.74, 6) is -0.553. The summed E-state index contributed by atoms with van der Waals surface area (Å²) in [6.45, 7) is 8.09. The average molecular weight is 439 g/mol. The largest absolute Gasteiger partial charge is 0.494 e. The molecule has 1 amide bonds. The van der Waals surface area contributed by atoms with Gasteiger partial charge in [0.25, 0.3) is 0 Å². The standard InChI is InChI=1S/C24H30BNO6/c1-23(2)24(3,4)32-25(31-23)19-13-9-12-18(14-19)15-20(21(27)29-5)26-22(28)30-16-17-10-7-6-8-11-17/h6-14,20H,15-16H2,1-5H3,(H,26,28)/t20-/m0/s1. The normalized spacial score (nSPS) is 17.5. The average Bonchev–Trinajstić information content (AvgIpc) is 2.99. The van der Waals surface area contributed by atoms with Gasteiger partial charge in [0.2, 0.25) is 0 Å². The number of carbonyl (C=O) groups excluding carboxylic acids is 2. The van der Waals surface area contributed by atoms with Gasteiger partial charge in [0.05, 0.1) is 18.3 Å². The number of methoxy groups -OCH3 is 1. The Hall–Kier alpha value is -2.84. The van der Waals surface area contributed by atoms with Crippen molar-refractivity contribution in [3.05, 3.63) is 65.7 Å². The van der Waals surface area contributed by atoms with E-state index < -0.39 is 36.4 Å². The first kappa shape index (κ1) is 23.8. The van der Waals surface area contributed by atoms with E-state index in [1.165, 1.54) is 7.11 Å². The van der Waals surface area contributed by atoms with Crippen molar-refractivity contribution in [2.75, 3.05) is 7.11 Å². The first-order valence-electron chi connectivity index (χ1n) is 10.6. The lowest BCUT2D eigenvalue weighted by atomic mass is 9.78. The van der Waals surface area contributed by atoms with E-state index in [4.69, 9.17) is 18.8 Å². The molecule has 3 rings (SSSR count). The van der Waals surface area contributed by atoms with Crippen LogP contribution in [-0.2, 0) is 36.6 Å². The van der Waals surface area contributed by atoms with Crippen LogP contribution < -0.4 is 10.8 Å². The van der Waals surface area contributed by atoms with Gasteiger partial charge in [-0.15, -0.1) is 0 Å². The molecule has 170 valence electrons. The van der Waals surface area contributed by atoms with Gasteiger partial charge in [-0.05, 0) is 44.3 Å². The number of amides is 1. The highest BCUT2D eigenvalue weighted by Gasteiger charge is 2.51. The Morgan fingerprint density at radius 2 is 1.59 bits per heavy atom. The molecular weight excluding hydrogens is 409 g/mol. The molecular formula is C24H30BNO6. The van der Waals surface area contributed by atoms with Crippen LogP contribution in [0.15, 0.2) is 54.6 Å². The molecule has 1 atom stereocenters. The first-order chi connectivity index (χ1) is 15.1. The lowest BCUT2D eigenvalue weighted by molar-refractivity contribution is -0.143. The Bertz CT molecular complexity index is 931. The third-order valence-corrected chi connectivity index (χ3v) is 5.91. The van der Waals surface area contributed by atoms with E-state index in [0.717, 1.165) is 16.6 Å². The van der Waals surface area contributed by atoms with Gasteiger partial charge in [-0.1, -0.05) is 54.6 Å². The van der Waals surface area contributed by atoms with Crippen LogP contribution in [0.2, 0.25) is 0 Å². The van der Waals surface area contributed by atoms with E-state index in [1.807, 2.05) is 82.3 Å². The van der Waals surface area contributed by atoms with Gasteiger partial charge >= 0.3 is 19.2 Å². The molecule has 1 aliphatic rings. The second-order valence-electron chi connectivity index (χ2n) is 8.82. The number of hydrogen-bond acceptors (Lipinski definition) is 6. The van der Waals surface area contributed by atoms with E-state index in [-0.39, 0.29) is 13.0 Å². The highest BCUT2D eigenvalue weighted by Crippen LogP contribution is 2.36. The Morgan fingerprint density at radius 1 is 0.969 bits per heavy atom. The maximum absolute atomic E-state index is 12.3. The summed E-state index contributed by atoms with van der Waals surface area (Å²) in [6.07, 6.45) is -0.452. The molecule has 1 N–H and O–H groups in total. The number of alkyl carbamates (subject to hydrolysis) is 1. The molecule has 8 heteroatoms. The van der Waals surface area contributed by atoms with Crippen LogP contribution >= 0.6 is 0 Å². The molecule has 0 radical (unpaired) electrons. The Morgan fingerprint density at radius 3 is 2.22 bits per heavy atom. The number of hydrogen-bond donors (Lipinski definition) is 1. The van der Waals surface area contributed by atoms with Gasteiger partial charge in [-0.3, -0.25) is 0 Å². The highest BCUT2D eigenvalue weighted by molar-refractivity contribution is 6.62. The predicted molar refractivity (Wildman–Crippen MR) is 121 cm³/mol. The number of esters is 1. The molecule has 1 fully saturated rings. The Labute approximate surface area is 189 Å². The Balaban J connectivity index is 1.66. The molecule has 32 heavy (non-hydrogen) atoms. The molecule has 7 nitrogen and oxygen atoms in total. The van der Waals surface area contributed by atoms with Crippen molar-refractivity contribution < 1.29 is 28.4 Å². The molecule has 1 aliphatic heterocycles. The van der Waals surface area contributed by atoms with Crippen molar-refractivity contribution >= 4 is 24.6 Å². The first-order valence-corrected chi connectivity index (χ1v) is 10.6. The van der Waals surface area contributed by atoms with Crippen molar-refractivity contribution in [2.45, 2.75) is 58.0 Å². The maximum atomic E-state index is 12.3. The fraction of sp³-hybridized carbons (Fsp3) is 0.417. The maximum Gasteiger partial charge on any atom is 0.494 e. The van der Waals surface area contributed by atoms with Crippen molar-refractivity contribution in [1.82, 2.24) is 5.32 Å². The SMILES string of the molecule is COC(=O)[C@H](Cc1cccc(B2OC(C)(C)C(C)(C)O2)c1)NC(=O)OCc1ccccc1. The second kappa shape index (κ2) is 9.75. The zero-order valence-electron chi connectivity index (χ0n) is 19.2. The summed E-state index contributed by atoms with van der Waals surface area (Å²) >= 11 is 0. The quantitative estimate of drug-likeness (QED) is 0.528. The summed E-state index contributed by atoms with van der Waals surface area (Å²) < 4.78 is 22.3. The lowest BCUT2D eigenvalue weighted by Crippen LogP contribution is -2.43. The van der Waals surface area contributed by atoms with E-state index in [2.05, 4.69) is 5.32 Å². The molecule has 0 spiro atoms. The second-order valence-corrected chi connectivity index (χ2v) is 8.82. The smallest absolute Gasteiger partial charge is 0.467 e. The van der Waals surface area contributed by atoms with Crippen molar-refractivity contribution in [2.24, 2.45) is 0 Å². The third-order valence-electron chi connectivity index (χ3n) is 5.91. The van der Waals surface area contributed by atoms with Crippen LogP contribution in [0.4, 0.5) is 4.79 Å². The van der Waals surface area contributed by atoms with E-state index in [9.17, 15) is 9.59 Å². The van der Waals surface area contributed by atoms with Crippen LogP contribution in [0.3, 0.4) is 0 Å². The minimum Gasteiger partial charge on any atom is -0.467 e. The van der Waals surface area contributed by atoms with Crippen molar-refractivity contribution in [1.29, 1.82) is 0 Å². The van der Waals surface area contributed by atoms with Crippen LogP contribution in [0.1, 0.15) is 38.8 Å². The highest BCUT2D eigenvalue weighted by atomic mass is 16.7. The molecule has 0 aliphatic carbocycles. The minimum atomic E-state index is -0.892. The van der Waals surface area contributed by atoms with Crippen molar-refractivity contribution in [3.8, 4) is 0 Å². The molecule has 2 aromatic rings. The van der Waals surface area contributed by atoms with Crippen LogP contribution in [0.25, 0.3) is 0 Å². The summed E-state index contributed by atoms with van der Waals surface area (Å²) in [5, 5.41) is 2.60. The Kier molecular flexibility index (Phi) is 7.26. The van der Waals surface area contributed by atoms with E-state index >= 15 is 0 Å². The molecule has 1 heterocycles. The predicted octanol–water partition coefficient (Wildman–Crippen LogP) is 3.00. The third kappa shape index (κ3) is 5.69. The summed E-state index contributed by atoms with van der Waals surface area (Å²) in [6, 6.07) is 16.0.